The first kappa shape index (κ1) is 27.8. The van der Waals surface area contributed by atoms with Gasteiger partial charge in [0.05, 0.1) is 19.9 Å². The first-order valence-corrected chi connectivity index (χ1v) is 15.3. The van der Waals surface area contributed by atoms with Crippen LogP contribution in [-0.2, 0) is 13.1 Å². The number of hydrogen-bond donors (Lipinski definition) is 2. The number of piperazine rings is 1. The van der Waals surface area contributed by atoms with Crippen molar-refractivity contribution in [1.29, 1.82) is 0 Å². The van der Waals surface area contributed by atoms with Gasteiger partial charge in [0.25, 0.3) is 5.92 Å². The molecule has 3 heterocycles. The predicted molar refractivity (Wildman–Crippen MR) is 159 cm³/mol. The second-order valence-electron chi connectivity index (χ2n) is 13.6. The molecule has 3 saturated carbocycles. The van der Waals surface area contributed by atoms with Crippen LogP contribution >= 0.6 is 0 Å². The van der Waals surface area contributed by atoms with E-state index in [-0.39, 0.29) is 18.3 Å². The molecule has 0 amide bonds. The number of fused-ring (bicyclic) bond motifs is 1. The number of methoxy groups -OCH3 is 1. The van der Waals surface area contributed by atoms with Crippen LogP contribution in [0.2, 0.25) is 0 Å². The van der Waals surface area contributed by atoms with Crippen molar-refractivity contribution >= 4 is 22.8 Å². The van der Waals surface area contributed by atoms with Gasteiger partial charge in [0.2, 0.25) is 5.95 Å². The van der Waals surface area contributed by atoms with Crippen molar-refractivity contribution < 1.29 is 13.5 Å². The highest BCUT2D eigenvalue weighted by molar-refractivity contribution is 5.86. The standard InChI is InChI=1S/C31H42F2N8O/c1-20(29(2)6-7-29)40-10-8-39(9-11-40)17-21-4-5-23(25(12-21)42-3)18-41-26-24(16-36-41)37-28(34)38-27(26)35-15-22-13-30(14-22)19-31(30,32)33/h4-5,12,16,20,22H,6-11,13-15,17-19H2,1-3H3,(H3,34,35,37,38). The van der Waals surface area contributed by atoms with Crippen molar-refractivity contribution in [3.63, 3.8) is 0 Å². The van der Waals surface area contributed by atoms with Crippen LogP contribution in [0.25, 0.3) is 11.0 Å². The van der Waals surface area contributed by atoms with Crippen LogP contribution in [0, 0.1) is 16.7 Å². The molecular formula is C31H42F2N8O. The predicted octanol–water partition coefficient (Wildman–Crippen LogP) is 4.62. The lowest BCUT2D eigenvalue weighted by atomic mass is 9.71. The summed E-state index contributed by atoms with van der Waals surface area (Å²) in [5, 5.41) is 7.95. The number of nitrogens with one attached hydrogen (secondary N) is 1. The molecule has 3 N–H and O–H groups in total. The lowest BCUT2D eigenvalue weighted by Crippen LogP contribution is -2.51. The summed E-state index contributed by atoms with van der Waals surface area (Å²) in [6, 6.07) is 7.09. The monoisotopic (exact) mass is 580 g/mol. The Hall–Kier alpha value is -3.05. The van der Waals surface area contributed by atoms with E-state index in [1.54, 1.807) is 13.3 Å². The number of alkyl halides is 2. The zero-order chi connectivity index (χ0) is 29.3. The van der Waals surface area contributed by atoms with Gasteiger partial charge in [-0.3, -0.25) is 14.5 Å². The molecule has 42 heavy (non-hydrogen) atoms. The fraction of sp³-hybridized carbons (Fsp3) is 0.645. The van der Waals surface area contributed by atoms with Crippen molar-refractivity contribution in [3.05, 3.63) is 35.5 Å². The number of anilines is 2. The number of benzene rings is 1. The van der Waals surface area contributed by atoms with Crippen LogP contribution < -0.4 is 15.8 Å². The highest BCUT2D eigenvalue weighted by atomic mass is 19.3. The average molecular weight is 581 g/mol. The third kappa shape index (κ3) is 4.98. The van der Waals surface area contributed by atoms with Crippen molar-refractivity contribution in [3.8, 4) is 5.75 Å². The van der Waals surface area contributed by atoms with E-state index in [0.717, 1.165) is 49.6 Å². The van der Waals surface area contributed by atoms with Gasteiger partial charge in [0, 0.05) is 62.7 Å². The summed E-state index contributed by atoms with van der Waals surface area (Å²) in [5.74, 6) is -0.728. The number of nitrogens with two attached hydrogens (primary N) is 1. The number of nitrogen functional groups attached to an aromatic ring is 1. The van der Waals surface area contributed by atoms with Crippen LogP contribution in [0.5, 0.6) is 5.75 Å². The van der Waals surface area contributed by atoms with Crippen molar-refractivity contribution in [2.75, 3.05) is 50.9 Å². The van der Waals surface area contributed by atoms with Gasteiger partial charge in [-0.25, -0.2) is 13.8 Å². The molecule has 0 bridgehead atoms. The molecule has 1 aromatic carbocycles. The topological polar surface area (TPSA) is 97.4 Å². The molecule has 1 saturated heterocycles. The van der Waals surface area contributed by atoms with Crippen LogP contribution in [0.4, 0.5) is 20.5 Å². The van der Waals surface area contributed by atoms with Gasteiger partial charge in [0.15, 0.2) is 5.82 Å². The minimum absolute atomic E-state index is 0.0318. The summed E-state index contributed by atoms with van der Waals surface area (Å²) in [6.07, 6.45) is 5.54. The summed E-state index contributed by atoms with van der Waals surface area (Å²) in [4.78, 5) is 14.0. The molecule has 0 radical (unpaired) electrons. The van der Waals surface area contributed by atoms with Crippen LogP contribution in [0.3, 0.4) is 0 Å². The number of aromatic nitrogens is 4. The Bertz CT molecular complexity index is 1470. The quantitative estimate of drug-likeness (QED) is 0.359. The highest BCUT2D eigenvalue weighted by Crippen LogP contribution is 2.72. The van der Waals surface area contributed by atoms with E-state index in [0.29, 0.717) is 48.7 Å². The molecule has 11 heteroatoms. The van der Waals surface area contributed by atoms with E-state index in [1.165, 1.54) is 18.4 Å². The highest BCUT2D eigenvalue weighted by Gasteiger charge is 2.75. The number of rotatable bonds is 10. The molecule has 1 unspecified atom stereocenters. The third-order valence-corrected chi connectivity index (χ3v) is 10.7. The molecule has 3 aliphatic carbocycles. The normalized spacial score (nSPS) is 27.1. The Balaban J connectivity index is 1.01. The molecule has 3 aromatic rings. The largest absolute Gasteiger partial charge is 0.496 e. The van der Waals surface area contributed by atoms with Gasteiger partial charge < -0.3 is 15.8 Å². The van der Waals surface area contributed by atoms with Gasteiger partial charge >= 0.3 is 0 Å². The van der Waals surface area contributed by atoms with Crippen LogP contribution in [-0.4, -0.2) is 81.3 Å². The maximum absolute atomic E-state index is 13.6. The van der Waals surface area contributed by atoms with E-state index in [9.17, 15) is 8.78 Å². The molecule has 4 aliphatic rings. The minimum atomic E-state index is -2.48. The molecule has 1 atom stereocenters. The first-order chi connectivity index (χ1) is 20.1. The number of hydrogen-bond acceptors (Lipinski definition) is 8. The minimum Gasteiger partial charge on any atom is -0.496 e. The van der Waals surface area contributed by atoms with Gasteiger partial charge in [-0.15, -0.1) is 0 Å². The van der Waals surface area contributed by atoms with Crippen molar-refractivity contribution in [1.82, 2.24) is 29.5 Å². The van der Waals surface area contributed by atoms with Crippen molar-refractivity contribution in [2.45, 2.75) is 71.0 Å². The maximum atomic E-state index is 13.6. The molecule has 4 fully saturated rings. The second kappa shape index (κ2) is 10.0. The van der Waals surface area contributed by atoms with Crippen LogP contribution in [0.15, 0.2) is 24.4 Å². The van der Waals surface area contributed by atoms with Gasteiger partial charge in [-0.1, -0.05) is 19.1 Å². The molecule has 2 aromatic heterocycles. The Morgan fingerprint density at radius 2 is 1.86 bits per heavy atom. The lowest BCUT2D eigenvalue weighted by molar-refractivity contribution is 0.00528. The summed E-state index contributed by atoms with van der Waals surface area (Å²) in [6.45, 7) is 11.2. The summed E-state index contributed by atoms with van der Waals surface area (Å²) >= 11 is 0. The van der Waals surface area contributed by atoms with E-state index >= 15 is 0 Å². The van der Waals surface area contributed by atoms with E-state index in [4.69, 9.17) is 10.5 Å². The zero-order valence-corrected chi connectivity index (χ0v) is 24.9. The SMILES string of the molecule is COc1cc(CN2CCN(C(C)C3(C)CC3)CC2)ccc1Cn1ncc2nc(N)nc(NCC3CC4(C3)CC4(F)F)c21. The Kier molecular flexibility index (Phi) is 6.62. The number of halogens is 2. The number of nitrogens with zero attached hydrogens (tertiary/aromatic N) is 6. The van der Waals surface area contributed by atoms with Crippen molar-refractivity contribution in [2.24, 2.45) is 16.7 Å². The zero-order valence-electron chi connectivity index (χ0n) is 24.9. The molecular weight excluding hydrogens is 538 g/mol. The smallest absolute Gasteiger partial charge is 0.254 e. The second-order valence-corrected chi connectivity index (χ2v) is 13.6. The van der Waals surface area contributed by atoms with Gasteiger partial charge in [0.1, 0.15) is 16.8 Å². The van der Waals surface area contributed by atoms with E-state index in [1.807, 2.05) is 4.68 Å². The number of ether oxygens (including phenoxy) is 1. The van der Waals surface area contributed by atoms with Crippen LogP contribution in [0.1, 0.15) is 57.1 Å². The maximum Gasteiger partial charge on any atom is 0.254 e. The lowest BCUT2D eigenvalue weighted by Gasteiger charge is -2.40. The third-order valence-electron chi connectivity index (χ3n) is 10.7. The molecule has 9 nitrogen and oxygen atoms in total. The van der Waals surface area contributed by atoms with Gasteiger partial charge in [-0.2, -0.15) is 10.1 Å². The summed E-state index contributed by atoms with van der Waals surface area (Å²) < 4.78 is 35.0. The summed E-state index contributed by atoms with van der Waals surface area (Å²) in [7, 11) is 1.70. The summed E-state index contributed by atoms with van der Waals surface area (Å²) in [5.41, 5.74) is 9.39. The first-order valence-electron chi connectivity index (χ1n) is 15.3. The molecule has 1 spiro atoms. The van der Waals surface area contributed by atoms with E-state index in [2.05, 4.69) is 62.2 Å². The van der Waals surface area contributed by atoms with Gasteiger partial charge in [-0.05, 0) is 55.6 Å². The molecule has 226 valence electrons. The molecule has 1 aliphatic heterocycles. The van der Waals surface area contributed by atoms with E-state index < -0.39 is 11.3 Å². The Labute approximate surface area is 245 Å². The molecule has 7 rings (SSSR count). The average Bonchev–Trinajstić information content (AvgIpc) is 3.78. The fourth-order valence-electron chi connectivity index (χ4n) is 7.32. The fourth-order valence-corrected chi connectivity index (χ4v) is 7.32. The Morgan fingerprint density at radius 1 is 1.12 bits per heavy atom. The Morgan fingerprint density at radius 3 is 2.52 bits per heavy atom.